The molecule has 3 rings (SSSR count). The number of hydrogen-bond acceptors (Lipinski definition) is 4. The fraction of sp³-hybridized carbons (Fsp3) is 0.421. The third kappa shape index (κ3) is 4.92. The Morgan fingerprint density at radius 1 is 1.12 bits per heavy atom. The number of nitrogens with one attached hydrogen (secondary N) is 2. The monoisotopic (exact) mass is 358 g/mol. The van der Waals surface area contributed by atoms with Crippen molar-refractivity contribution in [3.63, 3.8) is 0 Å². The minimum atomic E-state index is -0.230. The molecule has 0 atom stereocenters. The summed E-state index contributed by atoms with van der Waals surface area (Å²) in [7, 11) is 0. The smallest absolute Gasteiger partial charge is 0.258 e. The van der Waals surface area contributed by atoms with Crippen LogP contribution in [0.15, 0.2) is 30.6 Å². The van der Waals surface area contributed by atoms with Crippen LogP contribution >= 0.6 is 11.6 Å². The molecule has 0 bridgehead atoms. The molecule has 0 unspecified atom stereocenters. The second-order valence-corrected chi connectivity index (χ2v) is 6.98. The van der Waals surface area contributed by atoms with Crippen LogP contribution in [0.5, 0.6) is 0 Å². The highest BCUT2D eigenvalue weighted by molar-refractivity contribution is 6.30. The second-order valence-electron chi connectivity index (χ2n) is 6.54. The molecule has 6 heteroatoms. The van der Waals surface area contributed by atoms with Gasteiger partial charge >= 0.3 is 0 Å². The van der Waals surface area contributed by atoms with Crippen LogP contribution in [0.2, 0.25) is 5.02 Å². The predicted molar refractivity (Wildman–Crippen MR) is 101 cm³/mol. The molecule has 1 fully saturated rings. The topological polar surface area (TPSA) is 66.9 Å². The van der Waals surface area contributed by atoms with Crippen molar-refractivity contribution in [2.24, 2.45) is 0 Å². The Hall–Kier alpha value is -2.14. The standard InChI is InChI=1S/C19H23ClN4O/c1-13-10-15(20)8-9-17(13)24-18(25)14-11-21-19(22-12-14)23-16-6-4-2-3-5-7-16/h8-12,16H,2-7H2,1H3,(H,24,25)(H,21,22,23). The summed E-state index contributed by atoms with van der Waals surface area (Å²) in [4.78, 5) is 21.0. The van der Waals surface area contributed by atoms with Gasteiger partial charge in [0, 0.05) is 29.1 Å². The Labute approximate surface area is 153 Å². The first kappa shape index (κ1) is 17.7. The van der Waals surface area contributed by atoms with E-state index in [1.807, 2.05) is 13.0 Å². The minimum Gasteiger partial charge on any atom is -0.351 e. The van der Waals surface area contributed by atoms with E-state index in [0.29, 0.717) is 22.6 Å². The van der Waals surface area contributed by atoms with E-state index >= 15 is 0 Å². The maximum absolute atomic E-state index is 12.4. The molecule has 0 spiro atoms. The molecule has 25 heavy (non-hydrogen) atoms. The zero-order valence-electron chi connectivity index (χ0n) is 14.4. The van der Waals surface area contributed by atoms with Crippen molar-refractivity contribution in [3.05, 3.63) is 46.7 Å². The zero-order chi connectivity index (χ0) is 17.6. The fourth-order valence-electron chi connectivity index (χ4n) is 3.09. The highest BCUT2D eigenvalue weighted by atomic mass is 35.5. The molecule has 1 saturated carbocycles. The molecule has 5 nitrogen and oxygen atoms in total. The third-order valence-electron chi connectivity index (χ3n) is 4.54. The minimum absolute atomic E-state index is 0.230. The Bertz CT molecular complexity index is 725. The molecule has 1 heterocycles. The van der Waals surface area contributed by atoms with Gasteiger partial charge in [-0.3, -0.25) is 4.79 Å². The number of amides is 1. The van der Waals surface area contributed by atoms with Gasteiger partial charge < -0.3 is 10.6 Å². The molecule has 1 aromatic heterocycles. The van der Waals surface area contributed by atoms with Crippen LogP contribution in [-0.2, 0) is 0 Å². The van der Waals surface area contributed by atoms with E-state index in [0.717, 1.165) is 24.1 Å². The van der Waals surface area contributed by atoms with Gasteiger partial charge in [0.1, 0.15) is 0 Å². The number of aromatic nitrogens is 2. The lowest BCUT2D eigenvalue weighted by atomic mass is 10.1. The summed E-state index contributed by atoms with van der Waals surface area (Å²) in [6, 6.07) is 5.78. The lowest BCUT2D eigenvalue weighted by molar-refractivity contribution is 0.102. The number of carbonyl (C=O) groups excluding carboxylic acids is 1. The van der Waals surface area contributed by atoms with Crippen molar-refractivity contribution in [3.8, 4) is 0 Å². The van der Waals surface area contributed by atoms with Gasteiger partial charge in [-0.1, -0.05) is 37.3 Å². The molecule has 0 radical (unpaired) electrons. The number of carbonyl (C=O) groups is 1. The summed E-state index contributed by atoms with van der Waals surface area (Å²) in [5.74, 6) is 0.359. The molecule has 2 N–H and O–H groups in total. The van der Waals surface area contributed by atoms with Crippen molar-refractivity contribution in [1.82, 2.24) is 9.97 Å². The number of hydrogen-bond donors (Lipinski definition) is 2. The number of rotatable bonds is 4. The van der Waals surface area contributed by atoms with E-state index < -0.39 is 0 Å². The van der Waals surface area contributed by atoms with Crippen molar-refractivity contribution in [2.45, 2.75) is 51.5 Å². The number of nitrogens with zero attached hydrogens (tertiary/aromatic N) is 2. The molecule has 1 aromatic carbocycles. The fourth-order valence-corrected chi connectivity index (χ4v) is 3.31. The van der Waals surface area contributed by atoms with Gasteiger partial charge in [0.2, 0.25) is 5.95 Å². The number of benzene rings is 1. The van der Waals surface area contributed by atoms with Crippen molar-refractivity contribution in [1.29, 1.82) is 0 Å². The first-order valence-corrected chi connectivity index (χ1v) is 9.16. The van der Waals surface area contributed by atoms with Gasteiger partial charge in [-0.05, 0) is 43.5 Å². The summed E-state index contributed by atoms with van der Waals surface area (Å²) in [6.07, 6.45) is 10.5. The predicted octanol–water partition coefficient (Wildman–Crippen LogP) is 4.83. The summed E-state index contributed by atoms with van der Waals surface area (Å²) in [5.41, 5.74) is 2.07. The number of halogens is 1. The van der Waals surface area contributed by atoms with E-state index in [1.54, 1.807) is 24.5 Å². The van der Waals surface area contributed by atoms with Crippen LogP contribution in [-0.4, -0.2) is 21.9 Å². The maximum Gasteiger partial charge on any atom is 0.258 e. The highest BCUT2D eigenvalue weighted by Crippen LogP contribution is 2.21. The average Bonchev–Trinajstić information content (AvgIpc) is 2.87. The van der Waals surface area contributed by atoms with Gasteiger partial charge in [0.05, 0.1) is 5.56 Å². The average molecular weight is 359 g/mol. The summed E-state index contributed by atoms with van der Waals surface area (Å²) in [6.45, 7) is 1.90. The van der Waals surface area contributed by atoms with Gasteiger partial charge in [0.25, 0.3) is 5.91 Å². The van der Waals surface area contributed by atoms with E-state index in [1.165, 1.54) is 25.7 Å². The molecule has 2 aromatic rings. The van der Waals surface area contributed by atoms with Crippen LogP contribution in [0, 0.1) is 6.92 Å². The van der Waals surface area contributed by atoms with Crippen molar-refractivity contribution in [2.75, 3.05) is 10.6 Å². The third-order valence-corrected chi connectivity index (χ3v) is 4.77. The number of anilines is 2. The van der Waals surface area contributed by atoms with Crippen LogP contribution in [0.3, 0.4) is 0 Å². The molecule has 0 saturated heterocycles. The SMILES string of the molecule is Cc1cc(Cl)ccc1NC(=O)c1cnc(NC2CCCCCC2)nc1. The van der Waals surface area contributed by atoms with Crippen LogP contribution < -0.4 is 10.6 Å². The van der Waals surface area contributed by atoms with Gasteiger partial charge in [-0.2, -0.15) is 0 Å². The Morgan fingerprint density at radius 2 is 1.80 bits per heavy atom. The molecule has 1 aliphatic rings. The van der Waals surface area contributed by atoms with E-state index in [9.17, 15) is 4.79 Å². The van der Waals surface area contributed by atoms with E-state index in [-0.39, 0.29) is 5.91 Å². The van der Waals surface area contributed by atoms with Crippen LogP contribution in [0.25, 0.3) is 0 Å². The van der Waals surface area contributed by atoms with Crippen LogP contribution in [0.1, 0.15) is 54.4 Å². The molecular weight excluding hydrogens is 336 g/mol. The van der Waals surface area contributed by atoms with Crippen molar-refractivity contribution >= 4 is 29.1 Å². The van der Waals surface area contributed by atoms with Crippen LogP contribution in [0.4, 0.5) is 11.6 Å². The summed E-state index contributed by atoms with van der Waals surface area (Å²) < 4.78 is 0. The quantitative estimate of drug-likeness (QED) is 0.768. The zero-order valence-corrected chi connectivity index (χ0v) is 15.1. The lowest BCUT2D eigenvalue weighted by Gasteiger charge is -2.16. The maximum atomic E-state index is 12.4. The van der Waals surface area contributed by atoms with Gasteiger partial charge in [-0.15, -0.1) is 0 Å². The number of aryl methyl sites for hydroxylation is 1. The van der Waals surface area contributed by atoms with Gasteiger partial charge in [-0.25, -0.2) is 9.97 Å². The normalized spacial score (nSPS) is 15.4. The first-order chi connectivity index (χ1) is 12.1. The Kier molecular flexibility index (Phi) is 5.87. The Morgan fingerprint density at radius 3 is 2.44 bits per heavy atom. The molecule has 132 valence electrons. The highest BCUT2D eigenvalue weighted by Gasteiger charge is 2.14. The molecule has 1 aliphatic carbocycles. The van der Waals surface area contributed by atoms with E-state index in [4.69, 9.17) is 11.6 Å². The molecule has 0 aliphatic heterocycles. The lowest BCUT2D eigenvalue weighted by Crippen LogP contribution is -2.20. The second kappa shape index (κ2) is 8.30. The summed E-state index contributed by atoms with van der Waals surface area (Å²) in [5, 5.41) is 6.89. The van der Waals surface area contributed by atoms with Gasteiger partial charge in [0.15, 0.2) is 0 Å². The largest absolute Gasteiger partial charge is 0.351 e. The molecular formula is C19H23ClN4O. The Balaban J connectivity index is 1.62. The summed E-state index contributed by atoms with van der Waals surface area (Å²) >= 11 is 5.94. The van der Waals surface area contributed by atoms with Crippen molar-refractivity contribution < 1.29 is 4.79 Å². The molecule has 1 amide bonds. The first-order valence-electron chi connectivity index (χ1n) is 8.78. The van der Waals surface area contributed by atoms with E-state index in [2.05, 4.69) is 20.6 Å².